The van der Waals surface area contributed by atoms with Crippen LogP contribution in [-0.2, 0) is 26.5 Å². The van der Waals surface area contributed by atoms with Crippen LogP contribution in [0.4, 0.5) is 0 Å². The van der Waals surface area contributed by atoms with Crippen LogP contribution in [0.3, 0.4) is 0 Å². The molecule has 0 bridgehead atoms. The van der Waals surface area contributed by atoms with Crippen LogP contribution in [0, 0.1) is 7.11 Å². The molecule has 0 aliphatic rings. The minimum Gasteiger partial charge on any atom is -0.569 e. The first kappa shape index (κ1) is 15.7. The number of aliphatic hydroxyl groups is 1. The molecule has 3 nitrogen and oxygen atoms in total. The molecule has 0 amide bonds. The third-order valence-electron chi connectivity index (χ3n) is 0. The van der Waals surface area contributed by atoms with Gasteiger partial charge in [-0.25, -0.2) is 7.11 Å². The van der Waals surface area contributed by atoms with E-state index in [0.29, 0.717) is 0 Å². The maximum atomic E-state index is 9.00. The van der Waals surface area contributed by atoms with Gasteiger partial charge in [-0.2, -0.15) is 0 Å². The minimum atomic E-state index is -0.833. The Hall–Kier alpha value is 0.144. The van der Waals surface area contributed by atoms with Crippen molar-refractivity contribution in [1.82, 2.24) is 0 Å². The van der Waals surface area contributed by atoms with Gasteiger partial charge in [0.05, 0.1) is 0 Å². The predicted molar refractivity (Wildman–Crippen MR) is 20.6 cm³/mol. The van der Waals surface area contributed by atoms with Crippen LogP contribution in [-0.4, -0.2) is 16.2 Å². The zero-order valence-electron chi connectivity index (χ0n) is 4.01. The van der Waals surface area contributed by atoms with Gasteiger partial charge in [0.2, 0.25) is 0 Å². The maximum Gasteiger partial charge on any atom is 0.300 e. The molecule has 0 aromatic rings. The normalized spacial score (nSPS) is 4.43. The number of carboxylic acids is 1. The summed E-state index contributed by atoms with van der Waals surface area (Å²) in [7, 11) is 2.25. The molecule has 0 aliphatic heterocycles. The molecule has 2 N–H and O–H groups in total. The van der Waals surface area contributed by atoms with E-state index in [9.17, 15) is 0 Å². The van der Waals surface area contributed by atoms with Crippen LogP contribution in [0.5, 0.6) is 0 Å². The van der Waals surface area contributed by atoms with E-state index < -0.39 is 5.97 Å². The molecule has 42 valence electrons. The van der Waals surface area contributed by atoms with E-state index >= 15 is 0 Å². The van der Waals surface area contributed by atoms with Gasteiger partial charge in [0.25, 0.3) is 5.97 Å². The van der Waals surface area contributed by atoms with Gasteiger partial charge < -0.3 is 10.2 Å². The largest absolute Gasteiger partial charge is 0.569 e. The Kier molecular flexibility index (Phi) is 36.9. The molecule has 0 radical (unpaired) electrons. The van der Waals surface area contributed by atoms with Gasteiger partial charge in [0, 0.05) is 28.6 Å². The Bertz CT molecular complexity index is 33.2. The molecule has 0 aliphatic carbocycles. The van der Waals surface area contributed by atoms with Crippen molar-refractivity contribution < 1.29 is 36.7 Å². The zero-order valence-corrected chi connectivity index (χ0v) is 5.57. The summed E-state index contributed by atoms with van der Waals surface area (Å²) in [5.74, 6) is -0.833. The summed E-state index contributed by atoms with van der Waals surface area (Å²) in [6.07, 6.45) is 0. The van der Waals surface area contributed by atoms with Crippen LogP contribution in [0.1, 0.15) is 6.92 Å². The van der Waals surface area contributed by atoms with Gasteiger partial charge >= 0.3 is 0 Å². The SMILES string of the molecule is CC(=O)O.[CH2-]O.[Ti]. The third-order valence-corrected chi connectivity index (χ3v) is 0. The summed E-state index contributed by atoms with van der Waals surface area (Å²) in [4.78, 5) is 9.00. The third kappa shape index (κ3) is 5070. The van der Waals surface area contributed by atoms with Gasteiger partial charge in [-0.1, -0.05) is 0 Å². The Morgan fingerprint density at radius 3 is 1.57 bits per heavy atom. The summed E-state index contributed by atoms with van der Waals surface area (Å²) >= 11 is 0. The van der Waals surface area contributed by atoms with Crippen molar-refractivity contribution in [3.05, 3.63) is 7.11 Å². The molecule has 0 atom stereocenters. The second kappa shape index (κ2) is 16.4. The van der Waals surface area contributed by atoms with E-state index in [1.807, 2.05) is 0 Å². The Morgan fingerprint density at radius 2 is 1.57 bits per heavy atom. The predicted octanol–water partition coefficient (Wildman–Crippen LogP) is 0.239. The molecule has 0 spiro atoms. The molecular weight excluding hydrogens is 132 g/mol. The molecule has 0 aromatic carbocycles. The number of carboxylic acid groups (broad SMARTS) is 1. The van der Waals surface area contributed by atoms with E-state index in [1.165, 1.54) is 0 Å². The van der Waals surface area contributed by atoms with Gasteiger partial charge in [-0.05, 0) is 0 Å². The molecule has 0 saturated carbocycles. The van der Waals surface area contributed by atoms with E-state index in [4.69, 9.17) is 15.0 Å². The van der Waals surface area contributed by atoms with Gasteiger partial charge in [-0.3, -0.25) is 4.79 Å². The standard InChI is InChI=1S/C2H4O2.CH3O.Ti/c1-2(3)4;1-2;/h1H3,(H,3,4);2H,1H2;/q;-1;. The molecule has 4 heteroatoms. The number of aliphatic carboxylic acids is 1. The quantitative estimate of drug-likeness (QED) is 0.373. The molecule has 0 saturated heterocycles. The summed E-state index contributed by atoms with van der Waals surface area (Å²) in [6.45, 7) is 1.08. The van der Waals surface area contributed by atoms with E-state index in [-0.39, 0.29) is 21.7 Å². The topological polar surface area (TPSA) is 57.5 Å². The number of aliphatic hydroxyl groups excluding tert-OH is 1. The molecule has 0 heterocycles. The summed E-state index contributed by atoms with van der Waals surface area (Å²) in [6, 6.07) is 0. The fraction of sp³-hybridized carbons (Fsp3) is 0.333. The van der Waals surface area contributed by atoms with E-state index in [2.05, 4.69) is 7.11 Å². The van der Waals surface area contributed by atoms with Gasteiger partial charge in [0.1, 0.15) is 0 Å². The van der Waals surface area contributed by atoms with Crippen molar-refractivity contribution in [2.45, 2.75) is 6.92 Å². The van der Waals surface area contributed by atoms with Crippen LogP contribution in [0.25, 0.3) is 0 Å². The fourth-order valence-corrected chi connectivity index (χ4v) is 0. The van der Waals surface area contributed by atoms with E-state index in [1.54, 1.807) is 0 Å². The fourth-order valence-electron chi connectivity index (χ4n) is 0. The van der Waals surface area contributed by atoms with Gasteiger partial charge in [0.15, 0.2) is 0 Å². The smallest absolute Gasteiger partial charge is 0.300 e. The van der Waals surface area contributed by atoms with Crippen LogP contribution >= 0.6 is 0 Å². The van der Waals surface area contributed by atoms with Gasteiger partial charge in [-0.15, -0.1) is 0 Å². The molecule has 0 unspecified atom stereocenters. The molecular formula is C3H7O3Ti-. The Balaban J connectivity index is -0.0000000480. The zero-order chi connectivity index (χ0) is 5.58. The van der Waals surface area contributed by atoms with Crippen molar-refractivity contribution >= 4 is 5.97 Å². The maximum absolute atomic E-state index is 9.00. The summed E-state index contributed by atoms with van der Waals surface area (Å²) < 4.78 is 0. The average Bonchev–Trinajstić information content (AvgIpc) is 1.41. The van der Waals surface area contributed by atoms with Crippen LogP contribution < -0.4 is 0 Å². The van der Waals surface area contributed by atoms with Crippen molar-refractivity contribution in [2.75, 3.05) is 0 Å². The Morgan fingerprint density at radius 1 is 1.57 bits per heavy atom. The Labute approximate surface area is 57.2 Å². The van der Waals surface area contributed by atoms with Crippen molar-refractivity contribution in [3.8, 4) is 0 Å². The second-order valence-electron chi connectivity index (χ2n) is 0.519. The van der Waals surface area contributed by atoms with E-state index in [0.717, 1.165) is 6.92 Å². The monoisotopic (exact) mass is 139 g/mol. The molecule has 0 aromatic heterocycles. The van der Waals surface area contributed by atoms with Crippen LogP contribution in [0.2, 0.25) is 0 Å². The van der Waals surface area contributed by atoms with Crippen molar-refractivity contribution in [1.29, 1.82) is 0 Å². The number of hydrogen-bond donors (Lipinski definition) is 2. The summed E-state index contributed by atoms with van der Waals surface area (Å²) in [5, 5.41) is 14.2. The minimum absolute atomic E-state index is 0. The average molecular weight is 139 g/mol. The number of carbonyl (C=O) groups is 1. The summed E-state index contributed by atoms with van der Waals surface area (Å²) in [5.41, 5.74) is 0. The molecule has 0 fully saturated rings. The first-order valence-electron chi connectivity index (χ1n) is 1.24. The molecule has 7 heavy (non-hydrogen) atoms. The van der Waals surface area contributed by atoms with Crippen molar-refractivity contribution in [2.24, 2.45) is 0 Å². The number of hydrogen-bond acceptors (Lipinski definition) is 2. The first-order chi connectivity index (χ1) is 2.73. The van der Waals surface area contributed by atoms with Crippen molar-refractivity contribution in [3.63, 3.8) is 0 Å². The first-order valence-corrected chi connectivity index (χ1v) is 1.24. The number of rotatable bonds is 0. The molecule has 0 rings (SSSR count). The van der Waals surface area contributed by atoms with Crippen LogP contribution in [0.15, 0.2) is 0 Å². The second-order valence-corrected chi connectivity index (χ2v) is 0.519.